The van der Waals surface area contributed by atoms with Crippen molar-refractivity contribution in [1.29, 1.82) is 0 Å². The second-order valence-corrected chi connectivity index (χ2v) is 6.84. The lowest BCUT2D eigenvalue weighted by Gasteiger charge is -2.35. The van der Waals surface area contributed by atoms with Crippen LogP contribution in [-0.2, 0) is 0 Å². The average molecular weight is 370 g/mol. The molecule has 2 aliphatic rings. The number of amides is 2. The number of nitrogens with zero attached hydrogens (tertiary/aromatic N) is 5. The molecule has 0 bridgehead atoms. The van der Waals surface area contributed by atoms with Crippen molar-refractivity contribution in [2.45, 2.75) is 12.8 Å². The molecule has 3 heterocycles. The van der Waals surface area contributed by atoms with Gasteiger partial charge < -0.3 is 20.0 Å². The molecule has 2 aliphatic heterocycles. The smallest absolute Gasteiger partial charge is 0.321 e. The molecule has 0 radical (unpaired) electrons. The van der Waals surface area contributed by atoms with Crippen LogP contribution in [0.15, 0.2) is 36.7 Å². The summed E-state index contributed by atoms with van der Waals surface area (Å²) < 4.78 is 13.0. The van der Waals surface area contributed by atoms with Gasteiger partial charge in [0.1, 0.15) is 23.8 Å². The lowest BCUT2D eigenvalue weighted by molar-refractivity contribution is 0.208. The first-order valence-corrected chi connectivity index (χ1v) is 9.32. The number of halogens is 1. The second-order valence-electron chi connectivity index (χ2n) is 6.84. The molecule has 2 aromatic rings. The van der Waals surface area contributed by atoms with E-state index in [0.717, 1.165) is 24.7 Å². The molecule has 1 N–H and O–H groups in total. The quantitative estimate of drug-likeness (QED) is 0.900. The Morgan fingerprint density at radius 3 is 2.11 bits per heavy atom. The molecule has 0 saturated carbocycles. The third kappa shape index (κ3) is 4.10. The Balaban J connectivity index is 1.34. The van der Waals surface area contributed by atoms with Crippen molar-refractivity contribution in [3.05, 3.63) is 42.5 Å². The number of nitrogens with one attached hydrogen (secondary N) is 1. The molecule has 2 saturated heterocycles. The van der Waals surface area contributed by atoms with Crippen LogP contribution in [0.3, 0.4) is 0 Å². The molecular formula is C19H23FN6O. The first kappa shape index (κ1) is 17.5. The summed E-state index contributed by atoms with van der Waals surface area (Å²) in [6.45, 7) is 4.74. The fraction of sp³-hybridized carbons (Fsp3) is 0.421. The zero-order valence-electron chi connectivity index (χ0n) is 15.1. The molecule has 0 unspecified atom stereocenters. The summed E-state index contributed by atoms with van der Waals surface area (Å²) in [6.07, 6.45) is 4.04. The van der Waals surface area contributed by atoms with Crippen molar-refractivity contribution in [1.82, 2.24) is 14.9 Å². The fourth-order valence-electron chi connectivity index (χ4n) is 3.50. The zero-order valence-corrected chi connectivity index (χ0v) is 15.1. The van der Waals surface area contributed by atoms with Crippen LogP contribution in [0.25, 0.3) is 0 Å². The van der Waals surface area contributed by atoms with Crippen LogP contribution in [0, 0.1) is 5.82 Å². The summed E-state index contributed by atoms with van der Waals surface area (Å²) in [6, 6.07) is 7.66. The molecule has 8 heteroatoms. The Morgan fingerprint density at radius 1 is 0.889 bits per heavy atom. The minimum absolute atomic E-state index is 0.165. The Labute approximate surface area is 157 Å². The molecule has 4 rings (SSSR count). The average Bonchev–Trinajstić information content (AvgIpc) is 3.25. The van der Waals surface area contributed by atoms with Gasteiger partial charge in [-0.25, -0.2) is 19.2 Å². The lowest BCUT2D eigenvalue weighted by atomic mass is 10.3. The molecule has 0 atom stereocenters. The summed E-state index contributed by atoms with van der Waals surface area (Å²) in [4.78, 5) is 27.4. The number of benzene rings is 1. The summed E-state index contributed by atoms with van der Waals surface area (Å²) in [5, 5.41) is 2.81. The van der Waals surface area contributed by atoms with Crippen LogP contribution in [0.1, 0.15) is 12.8 Å². The third-order valence-corrected chi connectivity index (χ3v) is 5.05. The van der Waals surface area contributed by atoms with Gasteiger partial charge in [-0.2, -0.15) is 0 Å². The maximum atomic E-state index is 13.0. The Bertz CT molecular complexity index is 785. The maximum Gasteiger partial charge on any atom is 0.321 e. The van der Waals surface area contributed by atoms with E-state index in [4.69, 9.17) is 0 Å². The normalized spacial score (nSPS) is 17.3. The highest BCUT2D eigenvalue weighted by atomic mass is 19.1. The van der Waals surface area contributed by atoms with Gasteiger partial charge >= 0.3 is 6.03 Å². The standard InChI is InChI=1S/C19H23FN6O/c20-15-3-5-16(6-4-15)23-19(27)26-11-9-25(10-12-26)18-13-17(21-14-22-18)24-7-1-2-8-24/h3-6,13-14H,1-2,7-12H2,(H,23,27). The van der Waals surface area contributed by atoms with E-state index in [-0.39, 0.29) is 11.8 Å². The van der Waals surface area contributed by atoms with Gasteiger partial charge in [-0.15, -0.1) is 0 Å². The molecule has 2 fully saturated rings. The van der Waals surface area contributed by atoms with Crippen LogP contribution in [0.4, 0.5) is 26.5 Å². The van der Waals surface area contributed by atoms with Crippen molar-refractivity contribution in [3.63, 3.8) is 0 Å². The molecule has 0 spiro atoms. The van der Waals surface area contributed by atoms with E-state index in [2.05, 4.69) is 25.1 Å². The Kier molecular flexibility index (Phi) is 5.04. The summed E-state index contributed by atoms with van der Waals surface area (Å²) in [5.74, 6) is 1.57. The SMILES string of the molecule is O=C(Nc1ccc(F)cc1)N1CCN(c2cc(N3CCCC3)ncn2)CC1. The van der Waals surface area contributed by atoms with E-state index in [1.54, 1.807) is 23.4 Å². The van der Waals surface area contributed by atoms with Crippen molar-refractivity contribution in [2.24, 2.45) is 0 Å². The van der Waals surface area contributed by atoms with Crippen LogP contribution in [0.2, 0.25) is 0 Å². The third-order valence-electron chi connectivity index (χ3n) is 5.05. The topological polar surface area (TPSA) is 64.6 Å². The fourth-order valence-corrected chi connectivity index (χ4v) is 3.50. The number of anilines is 3. The highest BCUT2D eigenvalue weighted by molar-refractivity contribution is 5.89. The highest BCUT2D eigenvalue weighted by Crippen LogP contribution is 2.22. The highest BCUT2D eigenvalue weighted by Gasteiger charge is 2.23. The van der Waals surface area contributed by atoms with Gasteiger partial charge in [0.15, 0.2) is 0 Å². The first-order chi connectivity index (χ1) is 13.2. The molecule has 2 amide bonds. The number of carbonyl (C=O) groups is 1. The van der Waals surface area contributed by atoms with Crippen LogP contribution < -0.4 is 15.1 Å². The molecule has 27 heavy (non-hydrogen) atoms. The van der Waals surface area contributed by atoms with Crippen molar-refractivity contribution < 1.29 is 9.18 Å². The summed E-state index contributed by atoms with van der Waals surface area (Å²) in [5.41, 5.74) is 0.592. The minimum atomic E-state index is -0.320. The monoisotopic (exact) mass is 370 g/mol. The van der Waals surface area contributed by atoms with Crippen molar-refractivity contribution >= 4 is 23.4 Å². The first-order valence-electron chi connectivity index (χ1n) is 9.32. The Morgan fingerprint density at radius 2 is 1.48 bits per heavy atom. The molecule has 1 aromatic heterocycles. The molecule has 1 aromatic carbocycles. The number of rotatable bonds is 3. The maximum absolute atomic E-state index is 13.0. The molecule has 7 nitrogen and oxygen atoms in total. The van der Waals surface area contributed by atoms with E-state index in [1.807, 2.05) is 6.07 Å². The molecule has 0 aliphatic carbocycles. The Hall–Kier alpha value is -2.90. The number of urea groups is 1. The largest absolute Gasteiger partial charge is 0.356 e. The predicted molar refractivity (Wildman–Crippen MR) is 103 cm³/mol. The minimum Gasteiger partial charge on any atom is -0.356 e. The van der Waals surface area contributed by atoms with Gasteiger partial charge in [0, 0.05) is 51.0 Å². The van der Waals surface area contributed by atoms with E-state index >= 15 is 0 Å². The summed E-state index contributed by atoms with van der Waals surface area (Å²) >= 11 is 0. The predicted octanol–water partition coefficient (Wildman–Crippen LogP) is 2.57. The lowest BCUT2D eigenvalue weighted by Crippen LogP contribution is -2.50. The summed E-state index contributed by atoms with van der Waals surface area (Å²) in [7, 11) is 0. The number of carbonyl (C=O) groups excluding carboxylic acids is 1. The van der Waals surface area contributed by atoms with Crippen LogP contribution >= 0.6 is 0 Å². The number of piperazine rings is 1. The molecule has 142 valence electrons. The van der Waals surface area contributed by atoms with Gasteiger partial charge in [0.2, 0.25) is 0 Å². The van der Waals surface area contributed by atoms with E-state index in [9.17, 15) is 9.18 Å². The van der Waals surface area contributed by atoms with Gasteiger partial charge in [0.05, 0.1) is 0 Å². The van der Waals surface area contributed by atoms with E-state index in [1.165, 1.54) is 25.0 Å². The number of aromatic nitrogens is 2. The number of hydrogen-bond donors (Lipinski definition) is 1. The molecular weight excluding hydrogens is 347 g/mol. The van der Waals surface area contributed by atoms with Gasteiger partial charge in [0.25, 0.3) is 0 Å². The van der Waals surface area contributed by atoms with E-state index in [0.29, 0.717) is 31.9 Å². The van der Waals surface area contributed by atoms with Gasteiger partial charge in [-0.05, 0) is 37.1 Å². The van der Waals surface area contributed by atoms with Crippen molar-refractivity contribution in [2.75, 3.05) is 54.4 Å². The van der Waals surface area contributed by atoms with Crippen LogP contribution in [-0.4, -0.2) is 60.2 Å². The van der Waals surface area contributed by atoms with E-state index < -0.39 is 0 Å². The zero-order chi connectivity index (χ0) is 18.6. The van der Waals surface area contributed by atoms with Crippen LogP contribution in [0.5, 0.6) is 0 Å². The van der Waals surface area contributed by atoms with Gasteiger partial charge in [-0.3, -0.25) is 0 Å². The van der Waals surface area contributed by atoms with Gasteiger partial charge in [-0.1, -0.05) is 0 Å². The number of hydrogen-bond acceptors (Lipinski definition) is 5. The van der Waals surface area contributed by atoms with Crippen molar-refractivity contribution in [3.8, 4) is 0 Å². The second kappa shape index (κ2) is 7.77.